The van der Waals surface area contributed by atoms with Crippen LogP contribution in [0.25, 0.3) is 0 Å². The molecule has 2 rings (SSSR count). The number of nitrogens with one attached hydrogen (secondary N) is 2. The molecule has 134 valence electrons. The Morgan fingerprint density at radius 3 is 2.33 bits per heavy atom. The van der Waals surface area contributed by atoms with Gasteiger partial charge in [-0.1, -0.05) is 32.4 Å². The van der Waals surface area contributed by atoms with Gasteiger partial charge >= 0.3 is 6.03 Å². The summed E-state index contributed by atoms with van der Waals surface area (Å²) in [5.41, 5.74) is 0.316. The first-order valence-corrected chi connectivity index (χ1v) is 9.93. The highest BCUT2D eigenvalue weighted by atomic mass is 32.2. The van der Waals surface area contributed by atoms with E-state index in [0.717, 1.165) is 19.3 Å². The number of urea groups is 1. The molecule has 24 heavy (non-hydrogen) atoms. The van der Waals surface area contributed by atoms with Gasteiger partial charge in [-0.2, -0.15) is 4.31 Å². The molecule has 0 spiro atoms. The molecule has 1 unspecified atom stereocenters. The predicted octanol–water partition coefficient (Wildman–Crippen LogP) is 3.03. The van der Waals surface area contributed by atoms with Crippen molar-refractivity contribution in [3.63, 3.8) is 0 Å². The number of carbonyl (C=O) groups is 1. The quantitative estimate of drug-likeness (QED) is 0.854. The summed E-state index contributed by atoms with van der Waals surface area (Å²) in [6.07, 6.45) is 2.81. The highest BCUT2D eigenvalue weighted by Crippen LogP contribution is 2.26. The van der Waals surface area contributed by atoms with E-state index in [4.69, 9.17) is 0 Å². The van der Waals surface area contributed by atoms with Crippen LogP contribution in [0, 0.1) is 5.92 Å². The largest absolute Gasteiger partial charge is 0.335 e. The van der Waals surface area contributed by atoms with Crippen molar-refractivity contribution in [2.24, 2.45) is 5.92 Å². The zero-order valence-corrected chi connectivity index (χ0v) is 15.4. The summed E-state index contributed by atoms with van der Waals surface area (Å²) < 4.78 is 27.3. The predicted molar refractivity (Wildman–Crippen MR) is 95.5 cm³/mol. The number of nitrogens with zero attached hydrogens (tertiary/aromatic N) is 1. The Labute approximate surface area is 144 Å². The molecule has 1 aromatic rings. The number of benzene rings is 1. The third-order valence-corrected chi connectivity index (χ3v) is 6.38. The molecule has 6 nitrogen and oxygen atoms in total. The van der Waals surface area contributed by atoms with Crippen LogP contribution < -0.4 is 10.6 Å². The monoisotopic (exact) mass is 353 g/mol. The van der Waals surface area contributed by atoms with Crippen molar-refractivity contribution in [2.45, 2.75) is 51.0 Å². The molecular formula is C17H27N3O3S. The molecule has 1 aromatic carbocycles. The van der Waals surface area contributed by atoms with E-state index in [1.54, 1.807) is 24.3 Å². The second-order valence-electron chi connectivity index (χ2n) is 6.59. The summed E-state index contributed by atoms with van der Waals surface area (Å²) in [6.45, 7) is 7.01. The van der Waals surface area contributed by atoms with Crippen LogP contribution in [0.15, 0.2) is 29.2 Å². The minimum Gasteiger partial charge on any atom is -0.335 e. The number of rotatable bonds is 5. The summed E-state index contributed by atoms with van der Waals surface area (Å²) in [5.74, 6) is 0.295. The van der Waals surface area contributed by atoms with Gasteiger partial charge in [0.2, 0.25) is 10.0 Å². The Kier molecular flexibility index (Phi) is 6.23. The van der Waals surface area contributed by atoms with Crippen LogP contribution in [-0.2, 0) is 10.0 Å². The number of para-hydroxylation sites is 1. The van der Waals surface area contributed by atoms with E-state index in [9.17, 15) is 13.2 Å². The van der Waals surface area contributed by atoms with Crippen LogP contribution >= 0.6 is 0 Å². The van der Waals surface area contributed by atoms with Gasteiger partial charge in [0.1, 0.15) is 4.90 Å². The zero-order chi connectivity index (χ0) is 17.7. The highest BCUT2D eigenvalue weighted by Gasteiger charge is 2.28. The molecule has 0 aliphatic carbocycles. The highest BCUT2D eigenvalue weighted by molar-refractivity contribution is 7.89. The van der Waals surface area contributed by atoms with Gasteiger partial charge < -0.3 is 10.6 Å². The van der Waals surface area contributed by atoms with E-state index in [1.807, 2.05) is 20.8 Å². The van der Waals surface area contributed by atoms with Gasteiger partial charge in [-0.05, 0) is 37.8 Å². The fraction of sp³-hybridized carbons (Fsp3) is 0.588. The molecule has 1 aliphatic heterocycles. The van der Waals surface area contributed by atoms with E-state index in [2.05, 4.69) is 10.6 Å². The average Bonchev–Trinajstić information content (AvgIpc) is 2.55. The lowest BCUT2D eigenvalue weighted by Crippen LogP contribution is -2.40. The van der Waals surface area contributed by atoms with Gasteiger partial charge in [0, 0.05) is 19.1 Å². The third-order valence-electron chi connectivity index (χ3n) is 4.43. The summed E-state index contributed by atoms with van der Waals surface area (Å²) in [5, 5.41) is 5.51. The SMILES string of the molecule is CC(C)C(C)NC(=O)Nc1ccccc1S(=O)(=O)N1CCCCC1. The summed E-state index contributed by atoms with van der Waals surface area (Å²) in [6, 6.07) is 6.17. The van der Waals surface area contributed by atoms with E-state index < -0.39 is 16.1 Å². The second-order valence-corrected chi connectivity index (χ2v) is 8.50. The number of carbonyl (C=O) groups excluding carboxylic acids is 1. The number of hydrogen-bond acceptors (Lipinski definition) is 3. The first kappa shape index (κ1) is 18.7. The smallest absolute Gasteiger partial charge is 0.319 e. The first-order chi connectivity index (χ1) is 11.3. The number of anilines is 1. The van der Waals surface area contributed by atoms with Crippen molar-refractivity contribution >= 4 is 21.7 Å². The molecule has 0 bridgehead atoms. The molecular weight excluding hydrogens is 326 g/mol. The number of piperidine rings is 1. The fourth-order valence-electron chi connectivity index (χ4n) is 2.57. The Balaban J connectivity index is 2.19. The van der Waals surface area contributed by atoms with Gasteiger partial charge in [0.25, 0.3) is 0 Å². The molecule has 1 atom stereocenters. The van der Waals surface area contributed by atoms with Crippen LogP contribution in [-0.4, -0.2) is 37.9 Å². The van der Waals surface area contributed by atoms with Crippen molar-refractivity contribution in [3.05, 3.63) is 24.3 Å². The van der Waals surface area contributed by atoms with Gasteiger partial charge in [-0.25, -0.2) is 13.2 Å². The molecule has 7 heteroatoms. The van der Waals surface area contributed by atoms with Crippen molar-refractivity contribution in [2.75, 3.05) is 18.4 Å². The Morgan fingerprint density at radius 1 is 1.08 bits per heavy atom. The van der Waals surface area contributed by atoms with E-state index >= 15 is 0 Å². The molecule has 2 amide bonds. The Bertz CT molecular complexity index is 667. The Morgan fingerprint density at radius 2 is 1.71 bits per heavy atom. The summed E-state index contributed by atoms with van der Waals surface area (Å²) >= 11 is 0. The molecule has 0 saturated carbocycles. The van der Waals surface area contributed by atoms with Crippen LogP contribution in [0.5, 0.6) is 0 Å². The zero-order valence-electron chi connectivity index (χ0n) is 14.6. The minimum absolute atomic E-state index is 0.00383. The van der Waals surface area contributed by atoms with Crippen molar-refractivity contribution in [1.29, 1.82) is 0 Å². The maximum atomic E-state index is 12.9. The average molecular weight is 353 g/mol. The summed E-state index contributed by atoms with van der Waals surface area (Å²) in [7, 11) is -3.59. The first-order valence-electron chi connectivity index (χ1n) is 8.49. The molecule has 0 radical (unpaired) electrons. The van der Waals surface area contributed by atoms with E-state index in [0.29, 0.717) is 24.7 Å². The number of amides is 2. The lowest BCUT2D eigenvalue weighted by atomic mass is 10.1. The molecule has 1 fully saturated rings. The molecule has 0 aromatic heterocycles. The molecule has 2 N–H and O–H groups in total. The van der Waals surface area contributed by atoms with Crippen LogP contribution in [0.1, 0.15) is 40.0 Å². The van der Waals surface area contributed by atoms with Gasteiger partial charge in [-0.3, -0.25) is 0 Å². The second kappa shape index (κ2) is 7.98. The molecule has 1 saturated heterocycles. The van der Waals surface area contributed by atoms with Crippen LogP contribution in [0.4, 0.5) is 10.5 Å². The summed E-state index contributed by atoms with van der Waals surface area (Å²) in [4.78, 5) is 12.3. The molecule has 1 aliphatic rings. The molecule has 1 heterocycles. The van der Waals surface area contributed by atoms with E-state index in [1.165, 1.54) is 4.31 Å². The third kappa shape index (κ3) is 4.48. The van der Waals surface area contributed by atoms with Gasteiger partial charge in [0.15, 0.2) is 0 Å². The van der Waals surface area contributed by atoms with Gasteiger partial charge in [-0.15, -0.1) is 0 Å². The maximum absolute atomic E-state index is 12.9. The number of sulfonamides is 1. The van der Waals surface area contributed by atoms with E-state index in [-0.39, 0.29) is 10.9 Å². The topological polar surface area (TPSA) is 78.5 Å². The lowest BCUT2D eigenvalue weighted by Gasteiger charge is -2.27. The minimum atomic E-state index is -3.59. The maximum Gasteiger partial charge on any atom is 0.319 e. The van der Waals surface area contributed by atoms with Crippen molar-refractivity contribution in [3.8, 4) is 0 Å². The van der Waals surface area contributed by atoms with Crippen molar-refractivity contribution in [1.82, 2.24) is 9.62 Å². The number of hydrogen-bond donors (Lipinski definition) is 2. The Hall–Kier alpha value is -1.60. The van der Waals surface area contributed by atoms with Crippen LogP contribution in [0.3, 0.4) is 0 Å². The van der Waals surface area contributed by atoms with Gasteiger partial charge in [0.05, 0.1) is 5.69 Å². The fourth-order valence-corrected chi connectivity index (χ4v) is 4.24. The standard InChI is InChI=1S/C17H27N3O3S/c1-13(2)14(3)18-17(21)19-15-9-5-6-10-16(15)24(22,23)20-11-7-4-8-12-20/h5-6,9-10,13-14H,4,7-8,11-12H2,1-3H3,(H2,18,19,21). The van der Waals surface area contributed by atoms with Crippen LogP contribution in [0.2, 0.25) is 0 Å². The normalized spacial score (nSPS) is 17.5. The van der Waals surface area contributed by atoms with Crippen molar-refractivity contribution < 1.29 is 13.2 Å². The lowest BCUT2D eigenvalue weighted by molar-refractivity contribution is 0.246.